The summed E-state index contributed by atoms with van der Waals surface area (Å²) in [4.78, 5) is 11.5. The summed E-state index contributed by atoms with van der Waals surface area (Å²) in [5.41, 5.74) is 0.785. The molecule has 11 heteroatoms. The van der Waals surface area contributed by atoms with Crippen LogP contribution in [-0.4, -0.2) is 53.9 Å². The summed E-state index contributed by atoms with van der Waals surface area (Å²) in [6.07, 6.45) is 0.792. The van der Waals surface area contributed by atoms with E-state index in [-0.39, 0.29) is 21.0 Å². The second-order valence-electron chi connectivity index (χ2n) is 6.84. The van der Waals surface area contributed by atoms with E-state index in [1.807, 2.05) is 6.92 Å². The van der Waals surface area contributed by atoms with Crippen molar-refractivity contribution in [2.24, 2.45) is 0 Å². The van der Waals surface area contributed by atoms with E-state index < -0.39 is 26.0 Å². The van der Waals surface area contributed by atoms with Gasteiger partial charge in [0, 0.05) is 19.6 Å². The van der Waals surface area contributed by atoms with Crippen molar-refractivity contribution in [3.63, 3.8) is 0 Å². The number of nitrogens with one attached hydrogen (secondary N) is 2. The molecule has 0 saturated heterocycles. The lowest BCUT2D eigenvalue weighted by atomic mass is 10.2. The summed E-state index contributed by atoms with van der Waals surface area (Å²) in [6, 6.07) is 9.56. The first-order chi connectivity index (χ1) is 15.1. The normalized spacial score (nSPS) is 11.9. The van der Waals surface area contributed by atoms with Gasteiger partial charge in [-0.05, 0) is 48.9 Å². The number of nitrogens with zero attached hydrogens (tertiary/aromatic N) is 1. The first-order valence-electron chi connectivity index (χ1n) is 10.2. The highest BCUT2D eigenvalue weighted by Crippen LogP contribution is 2.29. The summed E-state index contributed by atoms with van der Waals surface area (Å²) in [6.45, 7) is 6.59. The molecule has 0 aliphatic carbocycles. The van der Waals surface area contributed by atoms with Gasteiger partial charge in [-0.25, -0.2) is 21.6 Å². The van der Waals surface area contributed by atoms with Crippen molar-refractivity contribution in [2.75, 3.05) is 36.8 Å². The molecule has 0 spiro atoms. The standard InChI is InChI=1S/C21H29N3O6S2/c1-5-14-22-19-13-12-18(32(28,29)24(6-2)7-3)15-20(19)23-31(26,27)17-10-8-16(9-11-17)21(25)30-4/h8-13,15,22-23H,5-7,14H2,1-4H3. The first-order valence-corrected chi connectivity index (χ1v) is 13.1. The number of ether oxygens (including phenoxy) is 1. The van der Waals surface area contributed by atoms with Crippen LogP contribution in [0.5, 0.6) is 0 Å². The molecule has 0 bridgehead atoms. The zero-order chi connectivity index (χ0) is 23.9. The van der Waals surface area contributed by atoms with Crippen LogP contribution in [0.3, 0.4) is 0 Å². The maximum absolute atomic E-state index is 13.0. The van der Waals surface area contributed by atoms with Crippen molar-refractivity contribution < 1.29 is 26.4 Å². The van der Waals surface area contributed by atoms with E-state index in [4.69, 9.17) is 0 Å². The molecule has 0 atom stereocenters. The highest BCUT2D eigenvalue weighted by atomic mass is 32.2. The number of esters is 1. The van der Waals surface area contributed by atoms with Gasteiger partial charge in [0.15, 0.2) is 0 Å². The Morgan fingerprint density at radius 1 is 0.906 bits per heavy atom. The molecule has 32 heavy (non-hydrogen) atoms. The Labute approximate surface area is 189 Å². The number of carbonyl (C=O) groups excluding carboxylic acids is 1. The average molecular weight is 484 g/mol. The van der Waals surface area contributed by atoms with E-state index in [1.165, 1.54) is 47.8 Å². The molecule has 0 radical (unpaired) electrons. The van der Waals surface area contributed by atoms with Gasteiger partial charge in [-0.3, -0.25) is 4.72 Å². The highest BCUT2D eigenvalue weighted by Gasteiger charge is 2.24. The number of benzene rings is 2. The summed E-state index contributed by atoms with van der Waals surface area (Å²) in [7, 11) is -6.60. The Morgan fingerprint density at radius 3 is 2.03 bits per heavy atom. The first kappa shape index (κ1) is 25.6. The van der Waals surface area contributed by atoms with Gasteiger partial charge in [-0.2, -0.15) is 4.31 Å². The van der Waals surface area contributed by atoms with Crippen molar-refractivity contribution in [3.8, 4) is 0 Å². The Morgan fingerprint density at radius 2 is 1.50 bits per heavy atom. The van der Waals surface area contributed by atoms with Crippen LogP contribution in [0.4, 0.5) is 11.4 Å². The van der Waals surface area contributed by atoms with E-state index >= 15 is 0 Å². The molecule has 176 valence electrons. The topological polar surface area (TPSA) is 122 Å². The molecule has 0 heterocycles. The van der Waals surface area contributed by atoms with Gasteiger partial charge >= 0.3 is 5.97 Å². The van der Waals surface area contributed by atoms with Crippen molar-refractivity contribution in [1.29, 1.82) is 0 Å². The zero-order valence-corrected chi connectivity index (χ0v) is 20.2. The third kappa shape index (κ3) is 5.78. The lowest BCUT2D eigenvalue weighted by molar-refractivity contribution is 0.0600. The molecule has 0 amide bonds. The summed E-state index contributed by atoms with van der Waals surface area (Å²) in [5.74, 6) is -0.581. The van der Waals surface area contributed by atoms with Crippen LogP contribution in [0.15, 0.2) is 52.3 Å². The Hall–Kier alpha value is -2.63. The van der Waals surface area contributed by atoms with Gasteiger partial charge in [0.25, 0.3) is 10.0 Å². The average Bonchev–Trinajstić information content (AvgIpc) is 2.78. The predicted molar refractivity (Wildman–Crippen MR) is 124 cm³/mol. The fourth-order valence-electron chi connectivity index (χ4n) is 2.99. The molecule has 0 aliphatic rings. The lowest BCUT2D eigenvalue weighted by Crippen LogP contribution is -2.30. The van der Waals surface area contributed by atoms with Gasteiger partial charge in [0.2, 0.25) is 10.0 Å². The molecular formula is C21H29N3O6S2. The Balaban J connectivity index is 2.48. The monoisotopic (exact) mass is 483 g/mol. The molecule has 9 nitrogen and oxygen atoms in total. The largest absolute Gasteiger partial charge is 0.465 e. The Kier molecular flexibility index (Phi) is 8.65. The van der Waals surface area contributed by atoms with Gasteiger partial charge < -0.3 is 10.1 Å². The SMILES string of the molecule is CCCNc1ccc(S(=O)(=O)N(CC)CC)cc1NS(=O)(=O)c1ccc(C(=O)OC)cc1. The molecule has 2 aromatic carbocycles. The van der Waals surface area contributed by atoms with Gasteiger partial charge in [-0.15, -0.1) is 0 Å². The number of rotatable bonds is 11. The Bertz CT molecular complexity index is 1140. The van der Waals surface area contributed by atoms with E-state index in [2.05, 4.69) is 14.8 Å². The van der Waals surface area contributed by atoms with Gasteiger partial charge in [0.05, 0.1) is 33.8 Å². The van der Waals surface area contributed by atoms with Crippen LogP contribution in [0.25, 0.3) is 0 Å². The minimum absolute atomic E-state index is 0.0120. The van der Waals surface area contributed by atoms with Crippen LogP contribution in [0, 0.1) is 0 Å². The molecule has 0 fully saturated rings. The third-order valence-corrected chi connectivity index (χ3v) is 8.16. The fourth-order valence-corrected chi connectivity index (χ4v) is 5.54. The van der Waals surface area contributed by atoms with Crippen molar-refractivity contribution in [1.82, 2.24) is 4.31 Å². The summed E-state index contributed by atoms with van der Waals surface area (Å²) >= 11 is 0. The van der Waals surface area contributed by atoms with Gasteiger partial charge in [-0.1, -0.05) is 20.8 Å². The molecule has 0 aromatic heterocycles. The molecule has 2 N–H and O–H groups in total. The maximum atomic E-state index is 13.0. The molecular weight excluding hydrogens is 454 g/mol. The van der Waals surface area contributed by atoms with E-state index in [0.717, 1.165) is 6.42 Å². The number of hydrogen-bond donors (Lipinski definition) is 2. The maximum Gasteiger partial charge on any atom is 0.337 e. The quantitative estimate of drug-likeness (QED) is 0.471. The van der Waals surface area contributed by atoms with Crippen LogP contribution in [0.1, 0.15) is 37.6 Å². The fraction of sp³-hybridized carbons (Fsp3) is 0.381. The lowest BCUT2D eigenvalue weighted by Gasteiger charge is -2.20. The third-order valence-electron chi connectivity index (χ3n) is 4.73. The van der Waals surface area contributed by atoms with Gasteiger partial charge in [0.1, 0.15) is 0 Å². The highest BCUT2D eigenvalue weighted by molar-refractivity contribution is 7.92. The second kappa shape index (κ2) is 10.8. The summed E-state index contributed by atoms with van der Waals surface area (Å²) < 4.78 is 60.2. The number of sulfonamides is 2. The van der Waals surface area contributed by atoms with E-state index in [1.54, 1.807) is 19.9 Å². The van der Waals surface area contributed by atoms with Crippen LogP contribution in [-0.2, 0) is 24.8 Å². The minimum Gasteiger partial charge on any atom is -0.465 e. The number of carbonyl (C=O) groups is 1. The van der Waals surface area contributed by atoms with Crippen molar-refractivity contribution >= 4 is 37.4 Å². The minimum atomic E-state index is -4.05. The zero-order valence-electron chi connectivity index (χ0n) is 18.6. The van der Waals surface area contributed by atoms with E-state index in [0.29, 0.717) is 25.3 Å². The van der Waals surface area contributed by atoms with Crippen molar-refractivity contribution in [3.05, 3.63) is 48.0 Å². The van der Waals surface area contributed by atoms with Crippen LogP contribution < -0.4 is 10.0 Å². The van der Waals surface area contributed by atoms with Crippen LogP contribution in [0.2, 0.25) is 0 Å². The molecule has 0 unspecified atom stereocenters. The van der Waals surface area contributed by atoms with Crippen molar-refractivity contribution in [2.45, 2.75) is 37.0 Å². The number of anilines is 2. The number of methoxy groups -OCH3 is 1. The molecule has 2 aromatic rings. The van der Waals surface area contributed by atoms with E-state index in [9.17, 15) is 21.6 Å². The predicted octanol–water partition coefficient (Wildman–Crippen LogP) is 3.13. The number of hydrogen-bond acceptors (Lipinski definition) is 7. The molecule has 2 rings (SSSR count). The smallest absolute Gasteiger partial charge is 0.337 e. The van der Waals surface area contributed by atoms with Crippen LogP contribution >= 0.6 is 0 Å². The summed E-state index contributed by atoms with van der Waals surface area (Å²) in [5, 5.41) is 3.11. The molecule has 0 aliphatic heterocycles. The second-order valence-corrected chi connectivity index (χ2v) is 10.5. The molecule has 0 saturated carbocycles.